The molecule has 0 atom stereocenters. The summed E-state index contributed by atoms with van der Waals surface area (Å²) in [5.74, 6) is 1.99. The number of hydrazone groups is 1. The first-order valence-corrected chi connectivity index (χ1v) is 9.49. The fourth-order valence-corrected chi connectivity index (χ4v) is 2.90. The van der Waals surface area contributed by atoms with Gasteiger partial charge in [0.25, 0.3) is 0 Å². The molecule has 0 amide bonds. The smallest absolute Gasteiger partial charge is 0.222 e. The first-order chi connectivity index (χ1) is 14.3. The minimum Gasteiger partial charge on any atom is -0.490 e. The number of H-pyrrole nitrogens is 1. The number of anilines is 1. The monoisotopic (exact) mass is 386 g/mol. The number of para-hydroxylation sites is 2. The van der Waals surface area contributed by atoms with Crippen LogP contribution >= 0.6 is 0 Å². The Morgan fingerprint density at radius 1 is 0.966 bits per heavy atom. The summed E-state index contributed by atoms with van der Waals surface area (Å²) in [5, 5.41) is 4.27. The Morgan fingerprint density at radius 3 is 2.62 bits per heavy atom. The molecule has 4 rings (SSSR count). The maximum absolute atomic E-state index is 5.94. The van der Waals surface area contributed by atoms with E-state index in [1.54, 1.807) is 6.21 Å². The molecule has 1 aromatic heterocycles. The maximum atomic E-state index is 5.94. The molecule has 3 aromatic carbocycles. The van der Waals surface area contributed by atoms with Gasteiger partial charge in [-0.1, -0.05) is 42.5 Å². The second-order valence-corrected chi connectivity index (χ2v) is 6.39. The van der Waals surface area contributed by atoms with Gasteiger partial charge in [0.1, 0.15) is 6.61 Å². The number of aromatic amines is 1. The average Bonchev–Trinajstić information content (AvgIpc) is 3.17. The third kappa shape index (κ3) is 4.73. The maximum Gasteiger partial charge on any atom is 0.222 e. The number of hydrogen-bond acceptors (Lipinski definition) is 5. The van der Waals surface area contributed by atoms with E-state index in [2.05, 4.69) is 20.5 Å². The van der Waals surface area contributed by atoms with Crippen LogP contribution in [0.15, 0.2) is 77.9 Å². The van der Waals surface area contributed by atoms with Gasteiger partial charge in [-0.05, 0) is 48.4 Å². The van der Waals surface area contributed by atoms with Gasteiger partial charge in [-0.25, -0.2) is 10.4 Å². The molecule has 0 aliphatic heterocycles. The van der Waals surface area contributed by atoms with Gasteiger partial charge in [-0.3, -0.25) is 0 Å². The molecule has 0 unspecified atom stereocenters. The Morgan fingerprint density at radius 2 is 1.79 bits per heavy atom. The number of nitrogens with zero attached hydrogens (tertiary/aromatic N) is 2. The van der Waals surface area contributed by atoms with Gasteiger partial charge in [0.05, 0.1) is 23.9 Å². The van der Waals surface area contributed by atoms with Crippen LogP contribution < -0.4 is 14.9 Å². The minimum atomic E-state index is 0.488. The zero-order valence-electron chi connectivity index (χ0n) is 16.1. The molecule has 0 fully saturated rings. The van der Waals surface area contributed by atoms with Crippen LogP contribution in [-0.2, 0) is 6.61 Å². The molecule has 146 valence electrons. The molecule has 0 radical (unpaired) electrons. The zero-order chi connectivity index (χ0) is 19.9. The Bertz CT molecular complexity index is 1070. The van der Waals surface area contributed by atoms with Crippen molar-refractivity contribution in [2.75, 3.05) is 12.0 Å². The predicted molar refractivity (Wildman–Crippen MR) is 116 cm³/mol. The lowest BCUT2D eigenvalue weighted by Gasteiger charge is -2.12. The zero-order valence-corrected chi connectivity index (χ0v) is 16.1. The molecule has 0 aliphatic rings. The van der Waals surface area contributed by atoms with E-state index in [1.807, 2.05) is 79.7 Å². The van der Waals surface area contributed by atoms with Crippen molar-refractivity contribution >= 4 is 23.2 Å². The molecule has 6 heteroatoms. The summed E-state index contributed by atoms with van der Waals surface area (Å²) >= 11 is 0. The lowest BCUT2D eigenvalue weighted by molar-refractivity contribution is 0.269. The van der Waals surface area contributed by atoms with E-state index in [4.69, 9.17) is 9.47 Å². The van der Waals surface area contributed by atoms with Crippen LogP contribution in [0.4, 0.5) is 5.95 Å². The highest BCUT2D eigenvalue weighted by molar-refractivity contribution is 5.82. The van der Waals surface area contributed by atoms with Crippen molar-refractivity contribution < 1.29 is 9.47 Å². The molecule has 0 spiro atoms. The minimum absolute atomic E-state index is 0.488. The molecule has 0 saturated heterocycles. The molecule has 0 bridgehead atoms. The summed E-state index contributed by atoms with van der Waals surface area (Å²) in [5.41, 5.74) is 6.78. The van der Waals surface area contributed by atoms with Crippen LogP contribution in [0.5, 0.6) is 11.5 Å². The van der Waals surface area contributed by atoms with Gasteiger partial charge in [-0.15, -0.1) is 0 Å². The van der Waals surface area contributed by atoms with Gasteiger partial charge in [0, 0.05) is 0 Å². The Kier molecular flexibility index (Phi) is 5.71. The van der Waals surface area contributed by atoms with Gasteiger partial charge >= 0.3 is 0 Å². The van der Waals surface area contributed by atoms with Gasteiger partial charge in [0.2, 0.25) is 5.95 Å². The van der Waals surface area contributed by atoms with Crippen LogP contribution in [0.1, 0.15) is 18.1 Å². The quantitative estimate of drug-likeness (QED) is 0.331. The van der Waals surface area contributed by atoms with Gasteiger partial charge in [0.15, 0.2) is 11.5 Å². The molecular formula is C23H22N4O2. The fourth-order valence-electron chi connectivity index (χ4n) is 2.90. The van der Waals surface area contributed by atoms with E-state index in [1.165, 1.54) is 0 Å². The number of imidazole rings is 1. The third-order valence-corrected chi connectivity index (χ3v) is 4.28. The van der Waals surface area contributed by atoms with Crippen LogP contribution in [0.25, 0.3) is 11.0 Å². The molecule has 2 N–H and O–H groups in total. The largest absolute Gasteiger partial charge is 0.490 e. The first-order valence-electron chi connectivity index (χ1n) is 9.49. The number of fused-ring (bicyclic) bond motifs is 1. The van der Waals surface area contributed by atoms with Gasteiger partial charge < -0.3 is 14.5 Å². The summed E-state index contributed by atoms with van der Waals surface area (Å²) in [6.45, 7) is 2.99. The Labute approximate surface area is 169 Å². The molecule has 1 heterocycles. The van der Waals surface area contributed by atoms with Crippen molar-refractivity contribution in [1.29, 1.82) is 0 Å². The number of rotatable bonds is 8. The van der Waals surface area contributed by atoms with Crippen molar-refractivity contribution in [3.63, 3.8) is 0 Å². The molecule has 0 saturated carbocycles. The van der Waals surface area contributed by atoms with Crippen LogP contribution in [0.3, 0.4) is 0 Å². The molecule has 6 nitrogen and oxygen atoms in total. The summed E-state index contributed by atoms with van der Waals surface area (Å²) in [7, 11) is 0. The normalized spacial score (nSPS) is 11.1. The van der Waals surface area contributed by atoms with Crippen molar-refractivity contribution in [2.24, 2.45) is 5.10 Å². The van der Waals surface area contributed by atoms with E-state index in [9.17, 15) is 0 Å². The van der Waals surface area contributed by atoms with E-state index < -0.39 is 0 Å². The standard InChI is InChI=1S/C23H22N4O2/c1-2-28-22-14-18(12-13-21(22)29-16-17-8-4-3-5-9-17)15-24-27-23-25-19-10-6-7-11-20(19)26-23/h3-15H,2,16H2,1H3,(H2,25,26,27)/b24-15-. The third-order valence-electron chi connectivity index (χ3n) is 4.28. The first kappa shape index (κ1) is 18.6. The van der Waals surface area contributed by atoms with Crippen LogP contribution in [0, 0.1) is 0 Å². The van der Waals surface area contributed by atoms with Crippen molar-refractivity contribution in [3.8, 4) is 11.5 Å². The summed E-state index contributed by atoms with van der Waals surface area (Å²) in [6, 6.07) is 23.6. The average molecular weight is 386 g/mol. The molecule has 0 aliphatic carbocycles. The highest BCUT2D eigenvalue weighted by Gasteiger charge is 2.07. The van der Waals surface area contributed by atoms with E-state index >= 15 is 0 Å². The summed E-state index contributed by atoms with van der Waals surface area (Å²) in [6.07, 6.45) is 1.72. The fraction of sp³-hybridized carbons (Fsp3) is 0.130. The number of hydrogen-bond donors (Lipinski definition) is 2. The molecule has 29 heavy (non-hydrogen) atoms. The van der Waals surface area contributed by atoms with Crippen molar-refractivity contribution in [2.45, 2.75) is 13.5 Å². The van der Waals surface area contributed by atoms with Crippen LogP contribution in [-0.4, -0.2) is 22.8 Å². The highest BCUT2D eigenvalue weighted by Crippen LogP contribution is 2.29. The number of benzene rings is 3. The Hall–Kier alpha value is -3.80. The van der Waals surface area contributed by atoms with Crippen molar-refractivity contribution in [3.05, 3.63) is 83.9 Å². The highest BCUT2D eigenvalue weighted by atomic mass is 16.5. The number of aromatic nitrogens is 2. The number of nitrogens with one attached hydrogen (secondary N) is 2. The molecule has 4 aromatic rings. The number of ether oxygens (including phenoxy) is 2. The second-order valence-electron chi connectivity index (χ2n) is 6.39. The molecular weight excluding hydrogens is 364 g/mol. The lowest BCUT2D eigenvalue weighted by Crippen LogP contribution is -2.00. The van der Waals surface area contributed by atoms with Gasteiger partial charge in [-0.2, -0.15) is 5.10 Å². The van der Waals surface area contributed by atoms with E-state index in [-0.39, 0.29) is 0 Å². The topological polar surface area (TPSA) is 71.5 Å². The predicted octanol–water partition coefficient (Wildman–Crippen LogP) is 4.99. The van der Waals surface area contributed by atoms with Crippen LogP contribution in [0.2, 0.25) is 0 Å². The van der Waals surface area contributed by atoms with E-state index in [0.717, 1.165) is 22.2 Å². The summed E-state index contributed by atoms with van der Waals surface area (Å²) < 4.78 is 11.7. The second kappa shape index (κ2) is 8.93. The van der Waals surface area contributed by atoms with Crippen molar-refractivity contribution in [1.82, 2.24) is 9.97 Å². The Balaban J connectivity index is 1.44. The summed E-state index contributed by atoms with van der Waals surface area (Å²) in [4.78, 5) is 7.61. The lowest BCUT2D eigenvalue weighted by atomic mass is 10.2. The van der Waals surface area contributed by atoms with E-state index in [0.29, 0.717) is 30.7 Å². The SMILES string of the molecule is CCOc1cc(/C=N\Nc2nc3ccccc3[nH]2)ccc1OCc1ccccc1.